The van der Waals surface area contributed by atoms with Crippen LogP contribution in [0, 0.1) is 0 Å². The molecule has 2 aromatic carbocycles. The highest BCUT2D eigenvalue weighted by Gasteiger charge is 2.25. The van der Waals surface area contributed by atoms with Gasteiger partial charge in [0.1, 0.15) is 23.6 Å². The number of rotatable bonds is 7. The van der Waals surface area contributed by atoms with Crippen molar-refractivity contribution in [3.63, 3.8) is 0 Å². The summed E-state index contributed by atoms with van der Waals surface area (Å²) in [5, 5.41) is 12.7. The van der Waals surface area contributed by atoms with Crippen LogP contribution in [0.1, 0.15) is 23.6 Å². The maximum Gasteiger partial charge on any atom is 0.321 e. The maximum absolute atomic E-state index is 11.6. The molecule has 25 heavy (non-hydrogen) atoms. The largest absolute Gasteiger partial charge is 0.497 e. The van der Waals surface area contributed by atoms with Crippen molar-refractivity contribution < 1.29 is 19.4 Å². The van der Waals surface area contributed by atoms with Gasteiger partial charge in [0.15, 0.2) is 0 Å². The first-order valence-corrected chi connectivity index (χ1v) is 8.43. The summed E-state index contributed by atoms with van der Waals surface area (Å²) in [4.78, 5) is 11.6. The van der Waals surface area contributed by atoms with E-state index in [0.29, 0.717) is 13.0 Å². The van der Waals surface area contributed by atoms with Crippen molar-refractivity contribution in [2.75, 3.05) is 7.11 Å². The third-order valence-electron chi connectivity index (χ3n) is 4.40. The third kappa shape index (κ3) is 4.12. The molecule has 0 aromatic heterocycles. The number of carboxylic acid groups (broad SMARTS) is 1. The fourth-order valence-corrected chi connectivity index (χ4v) is 3.16. The number of aliphatic carboxylic acids is 1. The van der Waals surface area contributed by atoms with Crippen LogP contribution >= 0.6 is 0 Å². The van der Waals surface area contributed by atoms with Crippen LogP contribution in [-0.2, 0) is 24.2 Å². The van der Waals surface area contributed by atoms with E-state index in [0.717, 1.165) is 34.6 Å². The van der Waals surface area contributed by atoms with E-state index in [2.05, 4.69) is 5.32 Å². The molecule has 1 aliphatic rings. The Morgan fingerprint density at radius 3 is 2.80 bits per heavy atom. The Morgan fingerprint density at radius 1 is 1.36 bits per heavy atom. The number of fused-ring (bicyclic) bond motifs is 1. The fraction of sp³-hybridized carbons (Fsp3) is 0.350. The van der Waals surface area contributed by atoms with Gasteiger partial charge in [-0.2, -0.15) is 0 Å². The summed E-state index contributed by atoms with van der Waals surface area (Å²) in [6, 6.07) is 12.9. The number of benzene rings is 2. The minimum atomic E-state index is -0.863. The van der Waals surface area contributed by atoms with Gasteiger partial charge in [-0.15, -0.1) is 0 Å². The molecule has 2 atom stereocenters. The minimum Gasteiger partial charge on any atom is -0.497 e. The molecule has 5 nitrogen and oxygen atoms in total. The molecule has 0 unspecified atom stereocenters. The van der Waals surface area contributed by atoms with E-state index in [9.17, 15) is 9.90 Å². The lowest BCUT2D eigenvalue weighted by atomic mass is 10.0. The SMILES string of the molecule is COc1cc(CN[C@H](Cc2ccccc2)C(=O)O)c2c(c1)C[C@H](C)O2. The number of nitrogens with one attached hydrogen (secondary N) is 1. The maximum atomic E-state index is 11.6. The van der Waals surface area contributed by atoms with Gasteiger partial charge in [-0.3, -0.25) is 10.1 Å². The molecule has 0 saturated carbocycles. The zero-order valence-corrected chi connectivity index (χ0v) is 14.5. The van der Waals surface area contributed by atoms with Crippen LogP contribution in [-0.4, -0.2) is 30.3 Å². The smallest absolute Gasteiger partial charge is 0.321 e. The second kappa shape index (κ2) is 7.57. The van der Waals surface area contributed by atoms with Crippen LogP contribution in [0.15, 0.2) is 42.5 Å². The van der Waals surface area contributed by atoms with Crippen molar-refractivity contribution in [2.24, 2.45) is 0 Å². The monoisotopic (exact) mass is 341 g/mol. The lowest BCUT2D eigenvalue weighted by molar-refractivity contribution is -0.139. The average Bonchev–Trinajstić information content (AvgIpc) is 2.99. The second-order valence-electron chi connectivity index (χ2n) is 6.37. The van der Waals surface area contributed by atoms with Crippen molar-refractivity contribution in [3.8, 4) is 11.5 Å². The third-order valence-corrected chi connectivity index (χ3v) is 4.40. The molecule has 5 heteroatoms. The molecular weight excluding hydrogens is 318 g/mol. The van der Waals surface area contributed by atoms with E-state index in [1.165, 1.54) is 0 Å². The van der Waals surface area contributed by atoms with Crippen molar-refractivity contribution >= 4 is 5.97 Å². The van der Waals surface area contributed by atoms with Gasteiger partial charge in [0.25, 0.3) is 0 Å². The molecule has 1 heterocycles. The summed E-state index contributed by atoms with van der Waals surface area (Å²) < 4.78 is 11.3. The summed E-state index contributed by atoms with van der Waals surface area (Å²) in [6.45, 7) is 2.44. The molecule has 0 bridgehead atoms. The Labute approximate surface area is 147 Å². The highest BCUT2D eigenvalue weighted by atomic mass is 16.5. The average molecular weight is 341 g/mol. The van der Waals surface area contributed by atoms with Gasteiger partial charge in [0, 0.05) is 24.1 Å². The molecule has 1 aliphatic heterocycles. The first kappa shape index (κ1) is 17.3. The summed E-state index contributed by atoms with van der Waals surface area (Å²) in [7, 11) is 1.63. The van der Waals surface area contributed by atoms with Gasteiger partial charge in [-0.25, -0.2) is 0 Å². The van der Waals surface area contributed by atoms with E-state index in [4.69, 9.17) is 9.47 Å². The number of carboxylic acids is 1. The molecule has 0 aliphatic carbocycles. The highest BCUT2D eigenvalue weighted by Crippen LogP contribution is 2.36. The topological polar surface area (TPSA) is 67.8 Å². The zero-order valence-electron chi connectivity index (χ0n) is 14.5. The molecule has 0 spiro atoms. The highest BCUT2D eigenvalue weighted by molar-refractivity contribution is 5.74. The zero-order chi connectivity index (χ0) is 17.8. The summed E-state index contributed by atoms with van der Waals surface area (Å²) >= 11 is 0. The van der Waals surface area contributed by atoms with Gasteiger partial charge in [-0.05, 0) is 31.0 Å². The molecule has 0 amide bonds. The van der Waals surface area contributed by atoms with Gasteiger partial charge in [0.2, 0.25) is 0 Å². The molecule has 0 fully saturated rings. The van der Waals surface area contributed by atoms with Crippen molar-refractivity contribution in [1.29, 1.82) is 0 Å². The second-order valence-corrected chi connectivity index (χ2v) is 6.37. The quantitative estimate of drug-likeness (QED) is 0.810. The summed E-state index contributed by atoms with van der Waals surface area (Å²) in [5.74, 6) is 0.755. The van der Waals surface area contributed by atoms with Crippen LogP contribution in [0.2, 0.25) is 0 Å². The first-order chi connectivity index (χ1) is 12.1. The van der Waals surface area contributed by atoms with Crippen LogP contribution in [0.4, 0.5) is 0 Å². The number of methoxy groups -OCH3 is 1. The number of hydrogen-bond donors (Lipinski definition) is 2. The Morgan fingerprint density at radius 2 is 2.12 bits per heavy atom. The lowest BCUT2D eigenvalue weighted by Crippen LogP contribution is -2.38. The lowest BCUT2D eigenvalue weighted by Gasteiger charge is -2.17. The van der Waals surface area contributed by atoms with Crippen LogP contribution in [0.25, 0.3) is 0 Å². The Balaban J connectivity index is 1.75. The molecule has 3 rings (SSSR count). The molecule has 2 N–H and O–H groups in total. The Bertz CT molecular complexity index is 745. The predicted molar refractivity (Wildman–Crippen MR) is 95.2 cm³/mol. The molecular formula is C20H23NO4. The predicted octanol–water partition coefficient (Wildman–Crippen LogP) is 2.80. The van der Waals surface area contributed by atoms with Crippen LogP contribution in [0.3, 0.4) is 0 Å². The molecule has 132 valence electrons. The molecule has 0 radical (unpaired) electrons. The van der Waals surface area contributed by atoms with E-state index >= 15 is 0 Å². The number of carbonyl (C=O) groups is 1. The normalized spacial score (nSPS) is 16.8. The fourth-order valence-electron chi connectivity index (χ4n) is 3.16. The van der Waals surface area contributed by atoms with Crippen LogP contribution in [0.5, 0.6) is 11.5 Å². The number of hydrogen-bond acceptors (Lipinski definition) is 4. The molecule has 2 aromatic rings. The van der Waals surface area contributed by atoms with Crippen molar-refractivity contribution in [3.05, 3.63) is 59.2 Å². The van der Waals surface area contributed by atoms with E-state index in [1.807, 2.05) is 49.4 Å². The Hall–Kier alpha value is -2.53. The van der Waals surface area contributed by atoms with E-state index in [1.54, 1.807) is 7.11 Å². The van der Waals surface area contributed by atoms with Gasteiger partial charge in [-0.1, -0.05) is 30.3 Å². The van der Waals surface area contributed by atoms with E-state index < -0.39 is 12.0 Å². The van der Waals surface area contributed by atoms with Gasteiger partial charge in [0.05, 0.1) is 7.11 Å². The van der Waals surface area contributed by atoms with Crippen molar-refractivity contribution in [1.82, 2.24) is 5.32 Å². The summed E-state index contributed by atoms with van der Waals surface area (Å²) in [5.41, 5.74) is 3.03. The minimum absolute atomic E-state index is 0.125. The summed E-state index contributed by atoms with van der Waals surface area (Å²) in [6.07, 6.45) is 1.39. The van der Waals surface area contributed by atoms with Crippen molar-refractivity contribution in [2.45, 2.75) is 38.5 Å². The van der Waals surface area contributed by atoms with Gasteiger partial charge >= 0.3 is 5.97 Å². The van der Waals surface area contributed by atoms with Gasteiger partial charge < -0.3 is 14.6 Å². The van der Waals surface area contributed by atoms with Crippen LogP contribution < -0.4 is 14.8 Å². The standard InChI is InChI=1S/C20H23NO4/c1-13-8-15-10-17(24-2)11-16(19(15)25-13)12-21-18(20(22)23)9-14-6-4-3-5-7-14/h3-7,10-11,13,18,21H,8-9,12H2,1-2H3,(H,22,23)/t13-,18+/m0/s1. The molecule has 0 saturated heterocycles. The Kier molecular flexibility index (Phi) is 5.24. The van der Waals surface area contributed by atoms with E-state index in [-0.39, 0.29) is 6.10 Å². The first-order valence-electron chi connectivity index (χ1n) is 8.43. The number of ether oxygens (including phenoxy) is 2.